The van der Waals surface area contributed by atoms with E-state index < -0.39 is 0 Å². The van der Waals surface area contributed by atoms with Gasteiger partial charge in [-0.3, -0.25) is 0 Å². The van der Waals surface area contributed by atoms with Gasteiger partial charge in [0.15, 0.2) is 0 Å². The van der Waals surface area contributed by atoms with E-state index in [2.05, 4.69) is 60.7 Å². The molecule has 0 spiro atoms. The average molecular weight is 286 g/mol. The van der Waals surface area contributed by atoms with Gasteiger partial charge in [0.2, 0.25) is 0 Å². The van der Waals surface area contributed by atoms with Gasteiger partial charge in [-0.15, -0.1) is 5.10 Å². The Kier molecular flexibility index (Phi) is 3.78. The van der Waals surface area contributed by atoms with E-state index >= 15 is 0 Å². The number of nitrogens with one attached hydrogen (secondary N) is 1. The molecule has 21 heavy (non-hydrogen) atoms. The van der Waals surface area contributed by atoms with E-state index in [1.807, 2.05) is 10.9 Å². The molecule has 2 aromatic rings. The van der Waals surface area contributed by atoms with Crippen molar-refractivity contribution in [3.63, 3.8) is 0 Å². The van der Waals surface area contributed by atoms with Crippen molar-refractivity contribution in [3.8, 4) is 0 Å². The summed E-state index contributed by atoms with van der Waals surface area (Å²) < 4.78 is 7.55. The molecular formula is C16H22N4O. The molecule has 1 unspecified atom stereocenters. The average Bonchev–Trinajstić information content (AvgIpc) is 2.94. The largest absolute Gasteiger partial charge is 0.375 e. The maximum Gasteiger partial charge on any atom is 0.0965 e. The summed E-state index contributed by atoms with van der Waals surface area (Å²) in [6.45, 7) is 8.44. The van der Waals surface area contributed by atoms with Crippen LogP contribution in [0.1, 0.15) is 43.6 Å². The minimum atomic E-state index is -0.0359. The Labute approximate surface area is 125 Å². The lowest BCUT2D eigenvalue weighted by atomic mass is 9.99. The summed E-state index contributed by atoms with van der Waals surface area (Å²) in [5, 5.41) is 11.9. The number of hydrogen-bond donors (Lipinski definition) is 1. The van der Waals surface area contributed by atoms with Crippen LogP contribution in [0.3, 0.4) is 0 Å². The molecule has 0 fully saturated rings. The van der Waals surface area contributed by atoms with Gasteiger partial charge in [-0.05, 0) is 31.9 Å². The predicted molar refractivity (Wildman–Crippen MR) is 80.7 cm³/mol. The van der Waals surface area contributed by atoms with Crippen LogP contribution in [-0.2, 0) is 23.4 Å². The van der Waals surface area contributed by atoms with Crippen molar-refractivity contribution in [1.29, 1.82) is 0 Å². The summed E-state index contributed by atoms with van der Waals surface area (Å²) in [5.41, 5.74) is 3.51. The molecule has 0 saturated carbocycles. The molecular weight excluding hydrogens is 264 g/mol. The van der Waals surface area contributed by atoms with Gasteiger partial charge in [-0.25, -0.2) is 4.68 Å². The van der Waals surface area contributed by atoms with Crippen LogP contribution in [0.15, 0.2) is 30.5 Å². The highest BCUT2D eigenvalue weighted by atomic mass is 16.5. The first-order chi connectivity index (χ1) is 10.0. The Balaban J connectivity index is 1.68. The lowest BCUT2D eigenvalue weighted by Crippen LogP contribution is -2.29. The van der Waals surface area contributed by atoms with Crippen molar-refractivity contribution in [2.45, 2.75) is 45.5 Å². The highest BCUT2D eigenvalue weighted by Crippen LogP contribution is 2.24. The summed E-state index contributed by atoms with van der Waals surface area (Å²) >= 11 is 0. The Morgan fingerprint density at radius 2 is 2.14 bits per heavy atom. The molecule has 1 aromatic heterocycles. The topological polar surface area (TPSA) is 52.0 Å². The van der Waals surface area contributed by atoms with E-state index in [4.69, 9.17) is 4.74 Å². The number of aromatic nitrogens is 3. The van der Waals surface area contributed by atoms with Crippen LogP contribution in [0, 0.1) is 0 Å². The highest BCUT2D eigenvalue weighted by molar-refractivity contribution is 5.31. The highest BCUT2D eigenvalue weighted by Gasteiger charge is 2.20. The molecule has 0 aliphatic carbocycles. The third-order valence-electron chi connectivity index (χ3n) is 3.73. The second-order valence-electron chi connectivity index (χ2n) is 6.47. The number of benzene rings is 1. The summed E-state index contributed by atoms with van der Waals surface area (Å²) in [5.74, 6) is 0. The minimum absolute atomic E-state index is 0.0359. The van der Waals surface area contributed by atoms with Gasteiger partial charge in [-0.2, -0.15) is 0 Å². The van der Waals surface area contributed by atoms with Crippen LogP contribution in [0.4, 0.5) is 0 Å². The molecule has 0 bridgehead atoms. The molecule has 1 N–H and O–H groups in total. The van der Waals surface area contributed by atoms with Crippen molar-refractivity contribution in [2.24, 2.45) is 0 Å². The molecule has 0 radical (unpaired) electrons. The lowest BCUT2D eigenvalue weighted by molar-refractivity contribution is 0.0816. The Morgan fingerprint density at radius 1 is 1.33 bits per heavy atom. The second kappa shape index (κ2) is 5.58. The van der Waals surface area contributed by atoms with Crippen LogP contribution >= 0.6 is 0 Å². The first-order valence-corrected chi connectivity index (χ1v) is 7.35. The van der Waals surface area contributed by atoms with Crippen LogP contribution in [0.2, 0.25) is 0 Å². The molecule has 5 nitrogen and oxygen atoms in total. The van der Waals surface area contributed by atoms with Crippen LogP contribution in [0.5, 0.6) is 0 Å². The number of hydrogen-bond acceptors (Lipinski definition) is 4. The SMILES string of the molecule is CC(C)(C)n1cc(CNC2COCc3ccccc32)nn1. The van der Waals surface area contributed by atoms with Crippen LogP contribution in [-0.4, -0.2) is 21.6 Å². The quantitative estimate of drug-likeness (QED) is 0.941. The fourth-order valence-electron chi connectivity index (χ4n) is 2.49. The Morgan fingerprint density at radius 3 is 2.90 bits per heavy atom. The zero-order valence-electron chi connectivity index (χ0n) is 12.8. The molecule has 0 saturated heterocycles. The molecule has 1 aliphatic rings. The zero-order chi connectivity index (χ0) is 14.9. The smallest absolute Gasteiger partial charge is 0.0965 e. The third-order valence-corrected chi connectivity index (χ3v) is 3.73. The van der Waals surface area contributed by atoms with Gasteiger partial charge >= 0.3 is 0 Å². The van der Waals surface area contributed by atoms with E-state index in [-0.39, 0.29) is 11.6 Å². The van der Waals surface area contributed by atoms with Crippen LogP contribution < -0.4 is 5.32 Å². The van der Waals surface area contributed by atoms with Gasteiger partial charge < -0.3 is 10.1 Å². The number of nitrogens with zero attached hydrogens (tertiary/aromatic N) is 3. The van der Waals surface area contributed by atoms with Gasteiger partial charge in [0.05, 0.1) is 36.7 Å². The number of fused-ring (bicyclic) bond motifs is 1. The van der Waals surface area contributed by atoms with Crippen molar-refractivity contribution >= 4 is 0 Å². The standard InChI is InChI=1S/C16H22N4O/c1-16(2,3)20-9-13(18-19-20)8-17-15-11-21-10-12-6-4-5-7-14(12)15/h4-7,9,15,17H,8,10-11H2,1-3H3. The second-order valence-corrected chi connectivity index (χ2v) is 6.47. The molecule has 0 amide bonds. The fourth-order valence-corrected chi connectivity index (χ4v) is 2.49. The van der Waals surface area contributed by atoms with Crippen molar-refractivity contribution in [3.05, 3.63) is 47.3 Å². The van der Waals surface area contributed by atoms with Crippen molar-refractivity contribution in [1.82, 2.24) is 20.3 Å². The van der Waals surface area contributed by atoms with Gasteiger partial charge in [0.25, 0.3) is 0 Å². The predicted octanol–water partition coefficient (Wildman–Crippen LogP) is 2.39. The first-order valence-electron chi connectivity index (χ1n) is 7.35. The monoisotopic (exact) mass is 286 g/mol. The molecule has 1 aliphatic heterocycles. The molecule has 2 heterocycles. The van der Waals surface area contributed by atoms with Crippen molar-refractivity contribution in [2.75, 3.05) is 6.61 Å². The summed E-state index contributed by atoms with van der Waals surface area (Å²) in [7, 11) is 0. The Bertz CT molecular complexity index is 615. The fraction of sp³-hybridized carbons (Fsp3) is 0.500. The van der Waals surface area contributed by atoms with Crippen molar-refractivity contribution < 1.29 is 4.74 Å². The lowest BCUT2D eigenvalue weighted by Gasteiger charge is -2.26. The van der Waals surface area contributed by atoms with E-state index in [0.717, 1.165) is 5.69 Å². The molecule has 112 valence electrons. The van der Waals surface area contributed by atoms with Gasteiger partial charge in [0, 0.05) is 6.54 Å². The Hall–Kier alpha value is -1.72. The summed E-state index contributed by atoms with van der Waals surface area (Å²) in [6.07, 6.45) is 2.00. The van der Waals surface area contributed by atoms with Gasteiger partial charge in [0.1, 0.15) is 0 Å². The minimum Gasteiger partial charge on any atom is -0.375 e. The summed E-state index contributed by atoms with van der Waals surface area (Å²) in [6, 6.07) is 8.64. The third kappa shape index (κ3) is 3.14. The molecule has 5 heteroatoms. The maximum atomic E-state index is 5.65. The van der Waals surface area contributed by atoms with E-state index in [0.29, 0.717) is 19.8 Å². The van der Waals surface area contributed by atoms with E-state index in [9.17, 15) is 0 Å². The normalized spacial score (nSPS) is 18.5. The maximum absolute atomic E-state index is 5.65. The molecule has 1 aromatic carbocycles. The number of ether oxygens (including phenoxy) is 1. The molecule has 3 rings (SSSR count). The summed E-state index contributed by atoms with van der Waals surface area (Å²) in [4.78, 5) is 0. The van der Waals surface area contributed by atoms with Crippen LogP contribution in [0.25, 0.3) is 0 Å². The van der Waals surface area contributed by atoms with E-state index in [1.165, 1.54) is 11.1 Å². The first kappa shape index (κ1) is 14.2. The van der Waals surface area contributed by atoms with E-state index in [1.54, 1.807) is 0 Å². The zero-order valence-corrected chi connectivity index (χ0v) is 12.8. The number of rotatable bonds is 3. The van der Waals surface area contributed by atoms with Gasteiger partial charge in [-0.1, -0.05) is 29.5 Å². The molecule has 1 atom stereocenters.